The molecule has 1 aliphatic rings. The molecule has 0 spiro atoms. The average molecular weight is 361 g/mol. The van der Waals surface area contributed by atoms with Crippen molar-refractivity contribution >= 4 is 21.7 Å². The molecule has 3 rings (SSSR count). The zero-order valence-corrected chi connectivity index (χ0v) is 14.7. The Kier molecular flexibility index (Phi) is 4.94. The monoisotopic (exact) mass is 361 g/mol. The van der Waals surface area contributed by atoms with Crippen LogP contribution < -0.4 is 9.04 Å². The van der Waals surface area contributed by atoms with Gasteiger partial charge < -0.3 is 9.47 Å². The Labute approximate surface area is 147 Å². The standard InChI is InChI=1S/C18H19NO5S/c1-25(21,22)19-10-9-14-13-15(7-8-17(14)19)18(20)24-12-11-23-16-5-3-2-4-6-16/h2-8,13H,9-12H2,1H3. The van der Waals surface area contributed by atoms with Gasteiger partial charge in [0, 0.05) is 6.54 Å². The van der Waals surface area contributed by atoms with Gasteiger partial charge >= 0.3 is 5.97 Å². The summed E-state index contributed by atoms with van der Waals surface area (Å²) in [5.74, 6) is 0.272. The summed E-state index contributed by atoms with van der Waals surface area (Å²) >= 11 is 0. The van der Waals surface area contributed by atoms with Gasteiger partial charge in [-0.1, -0.05) is 18.2 Å². The van der Waals surface area contributed by atoms with Crippen molar-refractivity contribution in [3.8, 4) is 5.75 Å². The van der Waals surface area contributed by atoms with Crippen molar-refractivity contribution in [3.63, 3.8) is 0 Å². The molecule has 0 amide bonds. The van der Waals surface area contributed by atoms with Gasteiger partial charge in [-0.05, 0) is 42.3 Å². The molecule has 2 aromatic carbocycles. The van der Waals surface area contributed by atoms with Crippen molar-refractivity contribution in [1.82, 2.24) is 0 Å². The van der Waals surface area contributed by atoms with Crippen LogP contribution in [0, 0.1) is 0 Å². The molecule has 0 aliphatic carbocycles. The van der Waals surface area contributed by atoms with Gasteiger partial charge in [-0.15, -0.1) is 0 Å². The van der Waals surface area contributed by atoms with Crippen LogP contribution in [0.15, 0.2) is 48.5 Å². The lowest BCUT2D eigenvalue weighted by atomic mass is 10.1. The molecule has 2 aromatic rings. The predicted octanol–water partition coefficient (Wildman–Crippen LogP) is 2.24. The molecule has 25 heavy (non-hydrogen) atoms. The largest absolute Gasteiger partial charge is 0.490 e. The van der Waals surface area contributed by atoms with Crippen LogP contribution >= 0.6 is 0 Å². The summed E-state index contributed by atoms with van der Waals surface area (Å²) < 4.78 is 35.5. The third kappa shape index (κ3) is 4.11. The van der Waals surface area contributed by atoms with E-state index in [2.05, 4.69) is 0 Å². The third-order valence-corrected chi connectivity index (χ3v) is 5.08. The van der Waals surface area contributed by atoms with E-state index in [0.717, 1.165) is 11.3 Å². The number of carbonyl (C=O) groups excluding carboxylic acids is 1. The van der Waals surface area contributed by atoms with Crippen molar-refractivity contribution < 1.29 is 22.7 Å². The van der Waals surface area contributed by atoms with Crippen LogP contribution in [0.25, 0.3) is 0 Å². The summed E-state index contributed by atoms with van der Waals surface area (Å²) in [5.41, 5.74) is 1.88. The molecule has 1 heterocycles. The van der Waals surface area contributed by atoms with E-state index in [1.165, 1.54) is 10.6 Å². The molecule has 0 saturated heterocycles. The highest BCUT2D eigenvalue weighted by atomic mass is 32.2. The normalized spacial score (nSPS) is 13.4. The molecule has 0 bridgehead atoms. The molecule has 0 N–H and O–H groups in total. The summed E-state index contributed by atoms with van der Waals surface area (Å²) in [4.78, 5) is 12.1. The van der Waals surface area contributed by atoms with Crippen molar-refractivity contribution in [2.45, 2.75) is 6.42 Å². The fourth-order valence-electron chi connectivity index (χ4n) is 2.74. The lowest BCUT2D eigenvalue weighted by molar-refractivity contribution is 0.0450. The van der Waals surface area contributed by atoms with Crippen LogP contribution in [0.2, 0.25) is 0 Å². The summed E-state index contributed by atoms with van der Waals surface area (Å²) in [6.07, 6.45) is 1.76. The molecule has 0 aromatic heterocycles. The average Bonchev–Trinajstić information content (AvgIpc) is 3.03. The van der Waals surface area contributed by atoms with Crippen LogP contribution in [0.3, 0.4) is 0 Å². The second-order valence-corrected chi connectivity index (χ2v) is 7.63. The Morgan fingerprint density at radius 2 is 1.88 bits per heavy atom. The lowest BCUT2D eigenvalue weighted by Crippen LogP contribution is -2.27. The zero-order chi connectivity index (χ0) is 17.9. The number of carbonyl (C=O) groups is 1. The van der Waals surface area contributed by atoms with Crippen molar-refractivity contribution in [1.29, 1.82) is 0 Å². The van der Waals surface area contributed by atoms with Gasteiger partial charge in [0.05, 0.1) is 17.5 Å². The maximum atomic E-state index is 12.1. The maximum absolute atomic E-state index is 12.1. The fourth-order valence-corrected chi connectivity index (χ4v) is 3.70. The minimum atomic E-state index is -3.29. The molecular formula is C18H19NO5S. The van der Waals surface area contributed by atoms with Crippen LogP contribution in [-0.4, -0.2) is 40.4 Å². The first kappa shape index (κ1) is 17.3. The molecule has 0 saturated carbocycles. The fraction of sp³-hybridized carbons (Fsp3) is 0.278. The van der Waals surface area contributed by atoms with E-state index in [1.807, 2.05) is 30.3 Å². The smallest absolute Gasteiger partial charge is 0.338 e. The Bertz CT molecular complexity index is 864. The van der Waals surface area contributed by atoms with Crippen LogP contribution in [0.4, 0.5) is 5.69 Å². The number of nitrogens with zero attached hydrogens (tertiary/aromatic N) is 1. The highest BCUT2D eigenvalue weighted by Crippen LogP contribution is 2.30. The lowest BCUT2D eigenvalue weighted by Gasteiger charge is -2.16. The summed E-state index contributed by atoms with van der Waals surface area (Å²) in [7, 11) is -3.29. The Hall–Kier alpha value is -2.54. The Balaban J connectivity index is 1.57. The maximum Gasteiger partial charge on any atom is 0.338 e. The van der Waals surface area contributed by atoms with E-state index in [0.29, 0.717) is 24.2 Å². The van der Waals surface area contributed by atoms with Crippen LogP contribution in [0.1, 0.15) is 15.9 Å². The van der Waals surface area contributed by atoms with Crippen molar-refractivity contribution in [2.24, 2.45) is 0 Å². The number of sulfonamides is 1. The van der Waals surface area contributed by atoms with Gasteiger partial charge in [-0.3, -0.25) is 4.31 Å². The van der Waals surface area contributed by atoms with E-state index in [4.69, 9.17) is 9.47 Å². The minimum absolute atomic E-state index is 0.139. The van der Waals surface area contributed by atoms with E-state index >= 15 is 0 Å². The van der Waals surface area contributed by atoms with E-state index in [-0.39, 0.29) is 13.2 Å². The number of esters is 1. The second kappa shape index (κ2) is 7.14. The topological polar surface area (TPSA) is 72.9 Å². The molecule has 1 aliphatic heterocycles. The van der Waals surface area contributed by atoms with Crippen molar-refractivity contribution in [3.05, 3.63) is 59.7 Å². The van der Waals surface area contributed by atoms with E-state index in [1.54, 1.807) is 18.2 Å². The van der Waals surface area contributed by atoms with Gasteiger partial charge in [0.2, 0.25) is 10.0 Å². The molecule has 0 atom stereocenters. The number of fused-ring (bicyclic) bond motifs is 1. The summed E-state index contributed by atoms with van der Waals surface area (Å²) in [6, 6.07) is 14.2. The van der Waals surface area contributed by atoms with Crippen LogP contribution in [-0.2, 0) is 21.2 Å². The zero-order valence-electron chi connectivity index (χ0n) is 13.8. The first-order valence-corrected chi connectivity index (χ1v) is 9.75. The minimum Gasteiger partial charge on any atom is -0.490 e. The number of hydrogen-bond donors (Lipinski definition) is 0. The van der Waals surface area contributed by atoms with Gasteiger partial charge in [0.15, 0.2) is 0 Å². The number of anilines is 1. The third-order valence-electron chi connectivity index (χ3n) is 3.90. The molecule has 6 nitrogen and oxygen atoms in total. The van der Waals surface area contributed by atoms with Gasteiger partial charge in [-0.25, -0.2) is 13.2 Å². The number of hydrogen-bond acceptors (Lipinski definition) is 5. The molecular weight excluding hydrogens is 342 g/mol. The molecule has 132 valence electrons. The van der Waals surface area contributed by atoms with Gasteiger partial charge in [0.1, 0.15) is 19.0 Å². The molecule has 0 fully saturated rings. The molecule has 7 heteroatoms. The Morgan fingerprint density at radius 1 is 1.12 bits per heavy atom. The highest BCUT2D eigenvalue weighted by molar-refractivity contribution is 7.92. The first-order valence-electron chi connectivity index (χ1n) is 7.91. The van der Waals surface area contributed by atoms with E-state index in [9.17, 15) is 13.2 Å². The number of para-hydroxylation sites is 1. The Morgan fingerprint density at radius 3 is 2.60 bits per heavy atom. The molecule has 0 unspecified atom stereocenters. The van der Waals surface area contributed by atoms with Crippen LogP contribution in [0.5, 0.6) is 5.75 Å². The summed E-state index contributed by atoms with van der Waals surface area (Å²) in [5, 5.41) is 0. The number of rotatable bonds is 6. The summed E-state index contributed by atoms with van der Waals surface area (Å²) in [6.45, 7) is 0.806. The number of ether oxygens (including phenoxy) is 2. The quantitative estimate of drug-likeness (QED) is 0.583. The van der Waals surface area contributed by atoms with E-state index < -0.39 is 16.0 Å². The molecule has 0 radical (unpaired) electrons. The SMILES string of the molecule is CS(=O)(=O)N1CCc2cc(C(=O)OCCOc3ccccc3)ccc21. The first-order chi connectivity index (χ1) is 11.9. The second-order valence-electron chi connectivity index (χ2n) is 5.73. The highest BCUT2D eigenvalue weighted by Gasteiger charge is 2.26. The van der Waals surface area contributed by atoms with Gasteiger partial charge in [-0.2, -0.15) is 0 Å². The number of benzene rings is 2. The van der Waals surface area contributed by atoms with Crippen molar-refractivity contribution in [2.75, 3.05) is 30.3 Å². The predicted molar refractivity (Wildman–Crippen MR) is 94.6 cm³/mol. The van der Waals surface area contributed by atoms with Gasteiger partial charge in [0.25, 0.3) is 0 Å².